The molecule has 0 aliphatic carbocycles. The van der Waals surface area contributed by atoms with Crippen molar-refractivity contribution in [1.29, 1.82) is 0 Å². The highest BCUT2D eigenvalue weighted by atomic mass is 32.1. The van der Waals surface area contributed by atoms with Crippen molar-refractivity contribution in [3.8, 4) is 0 Å². The van der Waals surface area contributed by atoms with E-state index in [-0.39, 0.29) is 0 Å². The molecule has 0 unspecified atom stereocenters. The maximum Gasteiger partial charge on any atom is 0.0897 e. The minimum absolute atomic E-state index is 0.391. The third-order valence-corrected chi connectivity index (χ3v) is 4.08. The van der Waals surface area contributed by atoms with Crippen molar-refractivity contribution in [2.75, 3.05) is 19.6 Å². The molecule has 0 aliphatic heterocycles. The Balaban J connectivity index is 2.02. The molecule has 0 aromatic carbocycles. The molecule has 0 aliphatic rings. The molecule has 1 rings (SSSR count). The number of aryl methyl sites for hydroxylation is 1. The van der Waals surface area contributed by atoms with Crippen LogP contribution in [0.1, 0.15) is 43.8 Å². The van der Waals surface area contributed by atoms with Crippen molar-refractivity contribution in [3.05, 3.63) is 16.1 Å². The lowest BCUT2D eigenvalue weighted by Gasteiger charge is -2.23. The number of nitrogens with one attached hydrogen (secondary N) is 1. The van der Waals surface area contributed by atoms with Crippen LogP contribution in [0.3, 0.4) is 0 Å². The number of hydrogen-bond donors (Lipinski definition) is 2. The Morgan fingerprint density at radius 2 is 2.11 bits per heavy atom. The van der Waals surface area contributed by atoms with Crippen molar-refractivity contribution in [1.82, 2.24) is 10.3 Å². The van der Waals surface area contributed by atoms with E-state index in [1.165, 1.54) is 18.5 Å². The van der Waals surface area contributed by atoms with Gasteiger partial charge < -0.3 is 11.1 Å². The molecular weight excluding hydrogens is 242 g/mol. The van der Waals surface area contributed by atoms with E-state index in [4.69, 9.17) is 5.73 Å². The van der Waals surface area contributed by atoms with Crippen LogP contribution in [0.2, 0.25) is 0 Å². The topological polar surface area (TPSA) is 50.9 Å². The van der Waals surface area contributed by atoms with E-state index in [9.17, 15) is 0 Å². The molecule has 0 saturated carbocycles. The molecule has 0 spiro atoms. The van der Waals surface area contributed by atoms with Crippen LogP contribution in [0.5, 0.6) is 0 Å². The summed E-state index contributed by atoms with van der Waals surface area (Å²) >= 11 is 1.73. The predicted molar refractivity (Wildman–Crippen MR) is 80.1 cm³/mol. The summed E-state index contributed by atoms with van der Waals surface area (Å²) in [6.07, 6.45) is 4.62. The SMILES string of the molecule is Cc1nc(CCNCCCC(C)(C)CCN)cs1. The zero-order valence-corrected chi connectivity index (χ0v) is 12.8. The van der Waals surface area contributed by atoms with Crippen molar-refractivity contribution in [3.63, 3.8) is 0 Å². The average molecular weight is 269 g/mol. The lowest BCUT2D eigenvalue weighted by atomic mass is 9.84. The lowest BCUT2D eigenvalue weighted by molar-refractivity contribution is 0.302. The van der Waals surface area contributed by atoms with Gasteiger partial charge in [-0.25, -0.2) is 4.98 Å². The number of rotatable bonds is 9. The number of hydrogen-bond acceptors (Lipinski definition) is 4. The van der Waals surface area contributed by atoms with Gasteiger partial charge in [0.15, 0.2) is 0 Å². The summed E-state index contributed by atoms with van der Waals surface area (Å²) in [5.41, 5.74) is 7.22. The smallest absolute Gasteiger partial charge is 0.0897 e. The molecule has 4 heteroatoms. The van der Waals surface area contributed by atoms with Gasteiger partial charge in [0.1, 0.15) is 0 Å². The lowest BCUT2D eigenvalue weighted by Crippen LogP contribution is -2.22. The Kier molecular flexibility index (Phi) is 6.82. The molecule has 3 nitrogen and oxygen atoms in total. The van der Waals surface area contributed by atoms with Gasteiger partial charge in [-0.15, -0.1) is 11.3 Å². The van der Waals surface area contributed by atoms with E-state index >= 15 is 0 Å². The predicted octanol–water partition coefficient (Wildman–Crippen LogP) is 2.74. The molecule has 3 N–H and O–H groups in total. The fraction of sp³-hybridized carbons (Fsp3) is 0.786. The average Bonchev–Trinajstić information content (AvgIpc) is 2.69. The van der Waals surface area contributed by atoms with Gasteiger partial charge in [0, 0.05) is 18.3 Å². The molecule has 104 valence electrons. The summed E-state index contributed by atoms with van der Waals surface area (Å²) in [5, 5.41) is 6.81. The number of thiazole rings is 1. The molecule has 0 atom stereocenters. The number of nitrogens with two attached hydrogens (primary N) is 1. The van der Waals surface area contributed by atoms with Crippen molar-refractivity contribution >= 4 is 11.3 Å². The summed E-state index contributed by atoms with van der Waals surface area (Å²) in [6, 6.07) is 0. The quantitative estimate of drug-likeness (QED) is 0.678. The van der Waals surface area contributed by atoms with Crippen LogP contribution in [-0.2, 0) is 6.42 Å². The minimum atomic E-state index is 0.391. The van der Waals surface area contributed by atoms with E-state index in [1.807, 2.05) is 0 Å². The van der Waals surface area contributed by atoms with Gasteiger partial charge >= 0.3 is 0 Å². The fourth-order valence-corrected chi connectivity index (χ4v) is 2.72. The zero-order valence-electron chi connectivity index (χ0n) is 12.0. The van der Waals surface area contributed by atoms with E-state index in [1.54, 1.807) is 11.3 Å². The minimum Gasteiger partial charge on any atom is -0.330 e. The van der Waals surface area contributed by atoms with Crippen LogP contribution in [0.15, 0.2) is 5.38 Å². The molecule has 1 aromatic heterocycles. The van der Waals surface area contributed by atoms with Crippen LogP contribution < -0.4 is 11.1 Å². The Morgan fingerprint density at radius 1 is 1.33 bits per heavy atom. The second-order valence-corrected chi connectivity index (χ2v) is 6.73. The molecule has 1 aromatic rings. The van der Waals surface area contributed by atoms with Gasteiger partial charge in [-0.1, -0.05) is 13.8 Å². The van der Waals surface area contributed by atoms with E-state index in [0.29, 0.717) is 5.41 Å². The van der Waals surface area contributed by atoms with Gasteiger partial charge in [0.25, 0.3) is 0 Å². The first-order valence-corrected chi connectivity index (χ1v) is 7.73. The second-order valence-electron chi connectivity index (χ2n) is 5.66. The largest absolute Gasteiger partial charge is 0.330 e. The van der Waals surface area contributed by atoms with Gasteiger partial charge in [-0.05, 0) is 44.7 Å². The molecule has 18 heavy (non-hydrogen) atoms. The highest BCUT2D eigenvalue weighted by molar-refractivity contribution is 7.09. The van der Waals surface area contributed by atoms with Crippen LogP contribution >= 0.6 is 11.3 Å². The van der Waals surface area contributed by atoms with Crippen molar-refractivity contribution in [2.24, 2.45) is 11.1 Å². The standard InChI is InChI=1S/C14H27N3S/c1-12-17-13(11-18-12)5-10-16-9-4-6-14(2,3)7-8-15/h11,16H,4-10,15H2,1-3H3. The van der Waals surface area contributed by atoms with E-state index < -0.39 is 0 Å². The normalized spacial score (nSPS) is 12.0. The first-order valence-electron chi connectivity index (χ1n) is 6.85. The molecule has 1 heterocycles. The summed E-state index contributed by atoms with van der Waals surface area (Å²) < 4.78 is 0. The van der Waals surface area contributed by atoms with Crippen LogP contribution in [-0.4, -0.2) is 24.6 Å². The van der Waals surface area contributed by atoms with E-state index in [2.05, 4.69) is 36.5 Å². The Hall–Kier alpha value is -0.450. The van der Waals surface area contributed by atoms with Crippen molar-refractivity contribution in [2.45, 2.75) is 46.5 Å². The molecule has 0 bridgehead atoms. The highest BCUT2D eigenvalue weighted by Crippen LogP contribution is 2.25. The summed E-state index contributed by atoms with van der Waals surface area (Å²) in [7, 11) is 0. The highest BCUT2D eigenvalue weighted by Gasteiger charge is 2.15. The van der Waals surface area contributed by atoms with Gasteiger partial charge in [0.05, 0.1) is 10.7 Å². The van der Waals surface area contributed by atoms with E-state index in [0.717, 1.165) is 37.5 Å². The summed E-state index contributed by atoms with van der Waals surface area (Å²) in [6.45, 7) is 9.58. The fourth-order valence-electron chi connectivity index (χ4n) is 2.07. The van der Waals surface area contributed by atoms with Crippen molar-refractivity contribution < 1.29 is 0 Å². The molecule has 0 saturated heterocycles. The van der Waals surface area contributed by atoms with Gasteiger partial charge in [0.2, 0.25) is 0 Å². The van der Waals surface area contributed by atoms with Crippen LogP contribution in [0.4, 0.5) is 0 Å². The third kappa shape index (κ3) is 6.47. The maximum absolute atomic E-state index is 5.61. The molecule has 0 amide bonds. The Labute approximate surface area is 115 Å². The summed E-state index contributed by atoms with van der Waals surface area (Å²) in [5.74, 6) is 0. The monoisotopic (exact) mass is 269 g/mol. The van der Waals surface area contributed by atoms with Gasteiger partial charge in [-0.2, -0.15) is 0 Å². The zero-order chi connectivity index (χ0) is 13.4. The first kappa shape index (κ1) is 15.6. The molecular formula is C14H27N3S. The van der Waals surface area contributed by atoms with Crippen LogP contribution in [0, 0.1) is 12.3 Å². The first-order chi connectivity index (χ1) is 8.53. The van der Waals surface area contributed by atoms with Gasteiger partial charge in [-0.3, -0.25) is 0 Å². The molecule has 0 radical (unpaired) electrons. The summed E-state index contributed by atoms with van der Waals surface area (Å²) in [4.78, 5) is 4.46. The third-order valence-electron chi connectivity index (χ3n) is 3.25. The number of nitrogens with zero attached hydrogens (tertiary/aromatic N) is 1. The number of aromatic nitrogens is 1. The Morgan fingerprint density at radius 3 is 2.72 bits per heavy atom. The molecule has 0 fully saturated rings. The second kappa shape index (κ2) is 7.87. The Bertz CT molecular complexity index is 334. The maximum atomic E-state index is 5.61. The van der Waals surface area contributed by atoms with Crippen LogP contribution in [0.25, 0.3) is 0 Å².